The zero-order chi connectivity index (χ0) is 44.9. The van der Waals surface area contributed by atoms with Crippen LogP contribution in [0.4, 0.5) is 5.82 Å². The number of amides is 2. The molecular formula is C32H56N7O17P3S. The van der Waals surface area contributed by atoms with Crippen LogP contribution in [0.2, 0.25) is 0 Å². The summed E-state index contributed by atoms with van der Waals surface area (Å²) >= 11 is 1.14. The molecule has 3 rings (SSSR count). The highest BCUT2D eigenvalue weighted by Gasteiger charge is 2.50. The minimum atomic E-state index is -5.57. The van der Waals surface area contributed by atoms with Gasteiger partial charge < -0.3 is 50.9 Å². The number of nitrogen functional groups attached to an aromatic ring is 1. The Kier molecular flexibility index (Phi) is 20.2. The first kappa shape index (κ1) is 51.9. The largest absolute Gasteiger partial charge is 0.481 e. The van der Waals surface area contributed by atoms with Crippen molar-refractivity contribution in [2.45, 2.75) is 110 Å². The number of carbonyl (C=O) groups excluding carboxylic acids is 3. The zero-order valence-electron chi connectivity index (χ0n) is 33.6. The summed E-state index contributed by atoms with van der Waals surface area (Å²) in [5, 5.41) is 26.6. The maximum absolute atomic E-state index is 12.7. The Balaban J connectivity index is 1.42. The van der Waals surface area contributed by atoms with E-state index in [-0.39, 0.29) is 41.6 Å². The summed E-state index contributed by atoms with van der Waals surface area (Å²) < 4.78 is 62.3. The first-order valence-electron chi connectivity index (χ1n) is 19.0. The molecule has 0 aromatic carbocycles. The standard InChI is InChI=1S/C32H56N7O17P3S/c1-5-6-7-8-9-20(2)10-11-23(41)60-15-14-34-22(40)12-13-35-30(44)27(43)32(3,4)17-53-59(50,51)56-58(48,49)52-16-21-26(55-57(45,46)47)25(42)31(54-21)39-19-38-24-28(33)36-18-37-29(24)39/h18-21,25-27,31,42-43H,5-17H2,1-4H3,(H,34,40)(H,35,44)(H,48,49)(H,50,51)(H2,33,36,37)(H2,45,46,47). The minimum absolute atomic E-state index is 0.0327. The molecule has 1 aliphatic heterocycles. The molecule has 28 heteroatoms. The fourth-order valence-corrected chi connectivity index (χ4v) is 9.32. The number of rotatable bonds is 27. The van der Waals surface area contributed by atoms with E-state index in [1.807, 2.05) is 0 Å². The predicted molar refractivity (Wildman–Crippen MR) is 214 cm³/mol. The molecular weight excluding hydrogens is 879 g/mol. The van der Waals surface area contributed by atoms with Gasteiger partial charge in [-0.05, 0) is 12.3 Å². The van der Waals surface area contributed by atoms with Gasteiger partial charge in [0, 0.05) is 37.1 Å². The van der Waals surface area contributed by atoms with Crippen molar-refractivity contribution >= 4 is 69.1 Å². The molecule has 2 aromatic rings. The molecule has 24 nitrogen and oxygen atoms in total. The molecule has 1 fully saturated rings. The van der Waals surface area contributed by atoms with Crippen LogP contribution in [0, 0.1) is 11.3 Å². The molecule has 0 aliphatic carbocycles. The number of unbranched alkanes of at least 4 members (excludes halogenated alkanes) is 3. The van der Waals surface area contributed by atoms with Crippen LogP contribution in [0.1, 0.15) is 85.3 Å². The molecule has 2 aromatic heterocycles. The van der Waals surface area contributed by atoms with Crippen molar-refractivity contribution in [3.63, 3.8) is 0 Å². The average Bonchev–Trinajstić information content (AvgIpc) is 3.72. The molecule has 1 saturated heterocycles. The van der Waals surface area contributed by atoms with Gasteiger partial charge in [0.25, 0.3) is 0 Å². The first-order chi connectivity index (χ1) is 27.9. The number of nitrogens with zero attached hydrogens (tertiary/aromatic N) is 4. The number of carbonyl (C=O) groups is 3. The van der Waals surface area contributed by atoms with Crippen LogP contribution in [0.3, 0.4) is 0 Å². The Morgan fingerprint density at radius 1 is 1.00 bits per heavy atom. The fourth-order valence-electron chi connectivity index (χ4n) is 5.80. The highest BCUT2D eigenvalue weighted by atomic mass is 32.2. The molecule has 0 spiro atoms. The number of imidazole rings is 1. The van der Waals surface area contributed by atoms with E-state index in [0.717, 1.165) is 48.2 Å². The van der Waals surface area contributed by atoms with E-state index in [1.165, 1.54) is 33.1 Å². The highest BCUT2D eigenvalue weighted by Crippen LogP contribution is 2.61. The van der Waals surface area contributed by atoms with Crippen molar-refractivity contribution in [1.82, 2.24) is 30.2 Å². The number of phosphoric ester groups is 3. The number of aliphatic hydroxyl groups is 2. The Morgan fingerprint density at radius 2 is 1.70 bits per heavy atom. The normalized spacial score (nSPS) is 21.6. The Labute approximate surface area is 350 Å². The van der Waals surface area contributed by atoms with Gasteiger partial charge in [0.15, 0.2) is 22.8 Å². The van der Waals surface area contributed by atoms with Crippen LogP contribution >= 0.6 is 35.2 Å². The first-order valence-corrected chi connectivity index (χ1v) is 24.5. The number of hydrogen-bond donors (Lipinski definition) is 9. The molecule has 1 aliphatic rings. The zero-order valence-corrected chi connectivity index (χ0v) is 37.1. The topological polar surface area (TPSA) is 364 Å². The summed E-state index contributed by atoms with van der Waals surface area (Å²) in [6, 6.07) is 0. The molecule has 0 bridgehead atoms. The van der Waals surface area contributed by atoms with E-state index in [4.69, 9.17) is 19.5 Å². The molecule has 2 amide bonds. The van der Waals surface area contributed by atoms with Crippen molar-refractivity contribution in [2.24, 2.45) is 11.3 Å². The second-order valence-corrected chi connectivity index (χ2v) is 20.2. The molecule has 60 heavy (non-hydrogen) atoms. The second-order valence-electron chi connectivity index (χ2n) is 14.8. The highest BCUT2D eigenvalue weighted by molar-refractivity contribution is 8.13. The summed E-state index contributed by atoms with van der Waals surface area (Å²) in [6.07, 6.45) is 0.259. The lowest BCUT2D eigenvalue weighted by Gasteiger charge is -2.30. The molecule has 342 valence electrons. The van der Waals surface area contributed by atoms with E-state index < -0.39 is 84.6 Å². The monoisotopic (exact) mass is 935 g/mol. The number of ether oxygens (including phenoxy) is 1. The lowest BCUT2D eigenvalue weighted by molar-refractivity contribution is -0.137. The molecule has 0 radical (unpaired) electrons. The van der Waals surface area contributed by atoms with Gasteiger partial charge in [-0.25, -0.2) is 28.6 Å². The summed E-state index contributed by atoms with van der Waals surface area (Å²) in [5.74, 6) is -0.562. The van der Waals surface area contributed by atoms with E-state index in [0.29, 0.717) is 18.1 Å². The Morgan fingerprint density at radius 3 is 2.38 bits per heavy atom. The van der Waals surface area contributed by atoms with Crippen LogP contribution in [-0.2, 0) is 50.7 Å². The van der Waals surface area contributed by atoms with Crippen LogP contribution in [0.15, 0.2) is 12.7 Å². The van der Waals surface area contributed by atoms with Gasteiger partial charge >= 0.3 is 23.5 Å². The maximum atomic E-state index is 12.7. The van der Waals surface area contributed by atoms with Crippen molar-refractivity contribution < 1.29 is 80.5 Å². The minimum Gasteiger partial charge on any atom is -0.386 e. The number of nitrogens with two attached hydrogens (primary N) is 1. The van der Waals surface area contributed by atoms with Gasteiger partial charge in [-0.2, -0.15) is 4.31 Å². The number of thioether (sulfide) groups is 1. The van der Waals surface area contributed by atoms with Crippen molar-refractivity contribution in [2.75, 3.05) is 37.8 Å². The second kappa shape index (κ2) is 23.3. The predicted octanol–water partition coefficient (Wildman–Crippen LogP) is 2.05. The SMILES string of the molecule is CCCCCCC(C)CCC(=O)SCCNC(=O)CCNC(=O)C(O)C(C)(C)COP(=O)(O)OP(=O)(O)OCC1OC(n2cnc3c(N)ncnc32)C(O)C1OP(=O)(O)O. The van der Waals surface area contributed by atoms with Gasteiger partial charge in [-0.3, -0.25) is 32.5 Å². The molecule has 10 N–H and O–H groups in total. The fraction of sp³-hybridized carbons (Fsp3) is 0.750. The van der Waals surface area contributed by atoms with Gasteiger partial charge in [-0.1, -0.05) is 71.6 Å². The number of hydrogen-bond acceptors (Lipinski definition) is 18. The van der Waals surface area contributed by atoms with E-state index in [2.05, 4.69) is 48.3 Å². The van der Waals surface area contributed by atoms with Gasteiger partial charge in [0.05, 0.1) is 19.5 Å². The number of nitrogens with one attached hydrogen (secondary N) is 2. The van der Waals surface area contributed by atoms with Crippen molar-refractivity contribution in [1.29, 1.82) is 0 Å². The lowest BCUT2D eigenvalue weighted by atomic mass is 9.87. The average molecular weight is 936 g/mol. The molecule has 3 heterocycles. The van der Waals surface area contributed by atoms with E-state index in [9.17, 15) is 57.9 Å². The van der Waals surface area contributed by atoms with Crippen LogP contribution in [0.25, 0.3) is 11.2 Å². The molecule has 8 unspecified atom stereocenters. The molecule has 0 saturated carbocycles. The molecule has 8 atom stereocenters. The third-order valence-corrected chi connectivity index (χ3v) is 13.2. The van der Waals surface area contributed by atoms with Crippen LogP contribution in [0.5, 0.6) is 0 Å². The smallest absolute Gasteiger partial charge is 0.386 e. The number of aliphatic hydroxyl groups excluding tert-OH is 2. The summed E-state index contributed by atoms with van der Waals surface area (Å²) in [5.41, 5.74) is 4.28. The van der Waals surface area contributed by atoms with Crippen LogP contribution in [-0.4, -0.2) is 123 Å². The van der Waals surface area contributed by atoms with Crippen LogP contribution < -0.4 is 16.4 Å². The van der Waals surface area contributed by atoms with Crippen molar-refractivity contribution in [3.05, 3.63) is 12.7 Å². The number of phosphoric acid groups is 3. The quantitative estimate of drug-likeness (QED) is 0.0457. The van der Waals surface area contributed by atoms with Gasteiger partial charge in [0.1, 0.15) is 36.3 Å². The van der Waals surface area contributed by atoms with Gasteiger partial charge in [-0.15, -0.1) is 0 Å². The summed E-state index contributed by atoms with van der Waals surface area (Å²) in [6.45, 7) is 4.87. The Hall–Kier alpha value is -2.44. The van der Waals surface area contributed by atoms with Gasteiger partial charge in [0.2, 0.25) is 11.8 Å². The number of fused-ring (bicyclic) bond motifs is 1. The number of anilines is 1. The number of aromatic nitrogens is 4. The lowest BCUT2D eigenvalue weighted by Crippen LogP contribution is -2.46. The van der Waals surface area contributed by atoms with E-state index in [1.54, 1.807) is 0 Å². The third-order valence-electron chi connectivity index (χ3n) is 9.16. The van der Waals surface area contributed by atoms with E-state index >= 15 is 0 Å². The van der Waals surface area contributed by atoms with Crippen molar-refractivity contribution in [3.8, 4) is 0 Å². The third kappa shape index (κ3) is 17.0. The Bertz CT molecular complexity index is 1890. The maximum Gasteiger partial charge on any atom is 0.481 e. The summed E-state index contributed by atoms with van der Waals surface area (Å²) in [7, 11) is -16.4. The summed E-state index contributed by atoms with van der Waals surface area (Å²) in [4.78, 5) is 88.1.